The number of nitrogens with zero attached hydrogens (tertiary/aromatic N) is 1. The van der Waals surface area contributed by atoms with Crippen LogP contribution in [0.1, 0.15) is 27.8 Å². The first-order valence-corrected chi connectivity index (χ1v) is 11.8. The summed E-state index contributed by atoms with van der Waals surface area (Å²) in [6, 6.07) is 18.2. The summed E-state index contributed by atoms with van der Waals surface area (Å²) >= 11 is 1.28. The molecule has 0 radical (unpaired) electrons. The lowest BCUT2D eigenvalue weighted by molar-refractivity contribution is 0.0491. The van der Waals surface area contributed by atoms with E-state index in [4.69, 9.17) is 18.6 Å². The van der Waals surface area contributed by atoms with E-state index in [9.17, 15) is 14.4 Å². The van der Waals surface area contributed by atoms with Gasteiger partial charge < -0.3 is 18.6 Å². The highest BCUT2D eigenvalue weighted by atomic mass is 32.1. The van der Waals surface area contributed by atoms with Crippen LogP contribution in [0.3, 0.4) is 0 Å². The van der Waals surface area contributed by atoms with E-state index >= 15 is 0 Å². The summed E-state index contributed by atoms with van der Waals surface area (Å²) in [7, 11) is 1.53. The summed E-state index contributed by atoms with van der Waals surface area (Å²) in [6.07, 6.45) is 0. The number of hydrogen-bond donors (Lipinski definition) is 0. The van der Waals surface area contributed by atoms with Crippen LogP contribution in [-0.2, 0) is 4.74 Å². The molecule has 8 nitrogen and oxygen atoms in total. The molecule has 3 aromatic carbocycles. The van der Waals surface area contributed by atoms with Gasteiger partial charge in [-0.1, -0.05) is 12.1 Å². The van der Waals surface area contributed by atoms with Crippen molar-refractivity contribution in [3.8, 4) is 22.1 Å². The third kappa shape index (κ3) is 4.32. The molecule has 0 fully saturated rings. The lowest BCUT2D eigenvalue weighted by Crippen LogP contribution is -2.15. The highest BCUT2D eigenvalue weighted by Gasteiger charge is 2.26. The summed E-state index contributed by atoms with van der Waals surface area (Å²) in [5.41, 5.74) is 0.688. The van der Waals surface area contributed by atoms with E-state index in [-0.39, 0.29) is 34.6 Å². The molecule has 5 rings (SSSR count). The van der Waals surface area contributed by atoms with Gasteiger partial charge in [-0.05, 0) is 55.5 Å². The molecule has 180 valence electrons. The zero-order valence-electron chi connectivity index (χ0n) is 19.3. The summed E-state index contributed by atoms with van der Waals surface area (Å²) in [5, 5.41) is 0.562. The second kappa shape index (κ2) is 9.63. The molecule has 0 saturated carbocycles. The van der Waals surface area contributed by atoms with Crippen LogP contribution in [0, 0.1) is 0 Å². The standard InChI is InChI=1S/C27H19NO7S/c1-3-33-27(31)24-22(25-28-19-6-4-5-7-21(19)36-25)23(29)18-13-12-17(14-20(18)35-24)34-26(30)15-8-10-16(32-2)11-9-15/h4-14H,3H2,1-2H3. The maximum Gasteiger partial charge on any atom is 0.375 e. The molecular weight excluding hydrogens is 482 g/mol. The van der Waals surface area contributed by atoms with Crippen molar-refractivity contribution in [1.29, 1.82) is 0 Å². The van der Waals surface area contributed by atoms with Gasteiger partial charge in [0, 0.05) is 6.07 Å². The molecular formula is C27H19NO7S. The topological polar surface area (TPSA) is 105 Å². The maximum atomic E-state index is 13.5. The number of thiazole rings is 1. The van der Waals surface area contributed by atoms with Gasteiger partial charge in [0.15, 0.2) is 0 Å². The number of aromatic nitrogens is 1. The van der Waals surface area contributed by atoms with E-state index in [1.165, 1.54) is 36.6 Å². The first-order valence-electron chi connectivity index (χ1n) is 11.0. The monoisotopic (exact) mass is 501 g/mol. The number of methoxy groups -OCH3 is 1. The van der Waals surface area contributed by atoms with E-state index in [0.717, 1.165) is 4.70 Å². The van der Waals surface area contributed by atoms with Crippen LogP contribution >= 0.6 is 11.3 Å². The van der Waals surface area contributed by atoms with Crippen molar-refractivity contribution in [2.75, 3.05) is 13.7 Å². The average Bonchev–Trinajstić information content (AvgIpc) is 3.32. The zero-order chi connectivity index (χ0) is 25.2. The van der Waals surface area contributed by atoms with Crippen molar-refractivity contribution in [2.24, 2.45) is 0 Å². The fraction of sp³-hybridized carbons (Fsp3) is 0.111. The van der Waals surface area contributed by atoms with Gasteiger partial charge in [-0.15, -0.1) is 11.3 Å². The number of carbonyl (C=O) groups is 2. The normalized spacial score (nSPS) is 10.9. The second-order valence-corrected chi connectivity index (χ2v) is 8.65. The van der Waals surface area contributed by atoms with Crippen molar-refractivity contribution >= 4 is 44.5 Å². The molecule has 0 amide bonds. The van der Waals surface area contributed by atoms with Crippen LogP contribution < -0.4 is 14.9 Å². The minimum Gasteiger partial charge on any atom is -0.497 e. The fourth-order valence-electron chi connectivity index (χ4n) is 3.64. The molecule has 0 saturated heterocycles. The van der Waals surface area contributed by atoms with Gasteiger partial charge in [-0.2, -0.15) is 0 Å². The fourth-order valence-corrected chi connectivity index (χ4v) is 4.65. The highest BCUT2D eigenvalue weighted by Crippen LogP contribution is 2.33. The number of hydrogen-bond acceptors (Lipinski definition) is 9. The Balaban J connectivity index is 1.58. The zero-order valence-corrected chi connectivity index (χ0v) is 20.1. The van der Waals surface area contributed by atoms with Crippen LogP contribution in [0.2, 0.25) is 0 Å². The Kier molecular flexibility index (Phi) is 6.22. The summed E-state index contributed by atoms with van der Waals surface area (Å²) < 4.78 is 22.4. The molecule has 2 aromatic heterocycles. The SMILES string of the molecule is CCOC(=O)c1oc2cc(OC(=O)c3ccc(OC)cc3)ccc2c(=O)c1-c1nc2ccccc2s1. The molecule has 2 heterocycles. The molecule has 0 unspecified atom stereocenters. The van der Waals surface area contributed by atoms with Gasteiger partial charge in [0.2, 0.25) is 11.2 Å². The number of benzene rings is 3. The third-order valence-electron chi connectivity index (χ3n) is 5.37. The Morgan fingerprint density at radius 1 is 0.972 bits per heavy atom. The van der Waals surface area contributed by atoms with Crippen LogP contribution in [-0.4, -0.2) is 30.6 Å². The van der Waals surface area contributed by atoms with Crippen LogP contribution in [0.4, 0.5) is 0 Å². The van der Waals surface area contributed by atoms with E-state index in [1.54, 1.807) is 31.2 Å². The Labute approximate surface area is 208 Å². The summed E-state index contributed by atoms with van der Waals surface area (Å²) in [5.74, 6) is -0.891. The average molecular weight is 502 g/mol. The highest BCUT2D eigenvalue weighted by molar-refractivity contribution is 7.21. The van der Waals surface area contributed by atoms with Crippen LogP contribution in [0.25, 0.3) is 31.8 Å². The summed E-state index contributed by atoms with van der Waals surface area (Å²) in [4.78, 5) is 43.4. The van der Waals surface area contributed by atoms with E-state index in [0.29, 0.717) is 21.8 Å². The minimum atomic E-state index is -0.786. The number of carbonyl (C=O) groups excluding carboxylic acids is 2. The predicted octanol–water partition coefficient (Wildman–Crippen LogP) is 5.47. The van der Waals surface area contributed by atoms with Gasteiger partial charge in [-0.25, -0.2) is 14.6 Å². The lowest BCUT2D eigenvalue weighted by atomic mass is 10.1. The number of ether oxygens (including phenoxy) is 3. The Hall–Kier alpha value is -4.50. The Morgan fingerprint density at radius 3 is 2.44 bits per heavy atom. The number of fused-ring (bicyclic) bond motifs is 2. The van der Waals surface area contributed by atoms with Crippen molar-refractivity contribution in [3.63, 3.8) is 0 Å². The molecule has 0 N–H and O–H groups in total. The molecule has 36 heavy (non-hydrogen) atoms. The number of para-hydroxylation sites is 1. The lowest BCUT2D eigenvalue weighted by Gasteiger charge is -2.09. The van der Waals surface area contributed by atoms with Gasteiger partial charge in [0.1, 0.15) is 27.7 Å². The quantitative estimate of drug-likeness (QED) is 0.223. The van der Waals surface area contributed by atoms with Crippen molar-refractivity contribution in [2.45, 2.75) is 6.92 Å². The number of esters is 2. The molecule has 0 atom stereocenters. The molecule has 0 bridgehead atoms. The second-order valence-electron chi connectivity index (χ2n) is 7.62. The minimum absolute atomic E-state index is 0.0325. The van der Waals surface area contributed by atoms with Gasteiger partial charge in [0.05, 0.1) is 34.9 Å². The molecule has 5 aromatic rings. The maximum absolute atomic E-state index is 13.5. The van der Waals surface area contributed by atoms with Gasteiger partial charge >= 0.3 is 11.9 Å². The Morgan fingerprint density at radius 2 is 1.72 bits per heavy atom. The smallest absolute Gasteiger partial charge is 0.375 e. The predicted molar refractivity (Wildman–Crippen MR) is 135 cm³/mol. The largest absolute Gasteiger partial charge is 0.497 e. The third-order valence-corrected chi connectivity index (χ3v) is 6.42. The van der Waals surface area contributed by atoms with Gasteiger partial charge in [-0.3, -0.25) is 4.79 Å². The first kappa shape index (κ1) is 23.3. The molecule has 9 heteroatoms. The molecule has 0 aliphatic carbocycles. The first-order chi connectivity index (χ1) is 17.5. The van der Waals surface area contributed by atoms with E-state index in [1.807, 2.05) is 24.3 Å². The van der Waals surface area contributed by atoms with Crippen LogP contribution in [0.15, 0.2) is 75.9 Å². The van der Waals surface area contributed by atoms with E-state index < -0.39 is 17.4 Å². The molecule has 0 aliphatic heterocycles. The van der Waals surface area contributed by atoms with Crippen molar-refractivity contribution in [3.05, 3.63) is 88.3 Å². The molecule has 0 aliphatic rings. The van der Waals surface area contributed by atoms with Gasteiger partial charge in [0.25, 0.3) is 0 Å². The van der Waals surface area contributed by atoms with Crippen molar-refractivity contribution in [1.82, 2.24) is 4.98 Å². The Bertz CT molecular complexity index is 1640. The molecule has 0 spiro atoms. The van der Waals surface area contributed by atoms with E-state index in [2.05, 4.69) is 4.98 Å². The summed E-state index contributed by atoms with van der Waals surface area (Å²) in [6.45, 7) is 1.75. The number of rotatable bonds is 6. The van der Waals surface area contributed by atoms with Crippen LogP contribution in [0.5, 0.6) is 11.5 Å². The van der Waals surface area contributed by atoms with Crippen molar-refractivity contribution < 1.29 is 28.2 Å².